The number of pyridine rings is 1. The first-order valence-electron chi connectivity index (χ1n) is 6.24. The lowest BCUT2D eigenvalue weighted by molar-refractivity contribution is 0.0523. The van der Waals surface area contributed by atoms with Crippen molar-refractivity contribution in [2.45, 2.75) is 32.9 Å². The van der Waals surface area contributed by atoms with Gasteiger partial charge in [0, 0.05) is 11.6 Å². The van der Waals surface area contributed by atoms with E-state index in [2.05, 4.69) is 10.3 Å². The standard InChI is InChI=1S/C15H18N2O2/c1-15(2,3)19-14(18)17-10-13-8-11-6-4-5-7-12(11)9-16-13/h4-9H,10H2,1-3H3,(H,17,18). The number of nitrogens with one attached hydrogen (secondary N) is 1. The monoisotopic (exact) mass is 258 g/mol. The highest BCUT2D eigenvalue weighted by Gasteiger charge is 2.15. The van der Waals surface area contributed by atoms with Crippen LogP contribution in [0.1, 0.15) is 26.5 Å². The molecule has 0 bridgehead atoms. The molecule has 0 aliphatic rings. The summed E-state index contributed by atoms with van der Waals surface area (Å²) in [7, 11) is 0. The molecule has 1 N–H and O–H groups in total. The number of fused-ring (bicyclic) bond motifs is 1. The Morgan fingerprint density at radius 3 is 2.63 bits per heavy atom. The van der Waals surface area contributed by atoms with Gasteiger partial charge in [0.15, 0.2) is 0 Å². The average Bonchev–Trinajstić information content (AvgIpc) is 2.34. The molecule has 0 atom stereocenters. The molecule has 0 aliphatic heterocycles. The summed E-state index contributed by atoms with van der Waals surface area (Å²) in [6.45, 7) is 5.86. The molecule has 2 rings (SSSR count). The molecule has 1 amide bonds. The molecule has 0 aliphatic carbocycles. The fraction of sp³-hybridized carbons (Fsp3) is 0.333. The van der Waals surface area contributed by atoms with Crippen LogP contribution in [0.15, 0.2) is 36.5 Å². The normalized spacial score (nSPS) is 11.3. The Morgan fingerprint density at radius 2 is 1.95 bits per heavy atom. The van der Waals surface area contributed by atoms with Crippen LogP contribution in [0.25, 0.3) is 10.8 Å². The van der Waals surface area contributed by atoms with Crippen LogP contribution < -0.4 is 5.32 Å². The van der Waals surface area contributed by atoms with Crippen molar-refractivity contribution in [3.63, 3.8) is 0 Å². The summed E-state index contributed by atoms with van der Waals surface area (Å²) >= 11 is 0. The second-order valence-corrected chi connectivity index (χ2v) is 5.38. The zero-order valence-corrected chi connectivity index (χ0v) is 11.4. The van der Waals surface area contributed by atoms with Gasteiger partial charge in [-0.3, -0.25) is 4.98 Å². The molecule has 0 fully saturated rings. The molecule has 1 heterocycles. The number of hydrogen-bond donors (Lipinski definition) is 1. The van der Waals surface area contributed by atoms with E-state index in [1.165, 1.54) is 0 Å². The van der Waals surface area contributed by atoms with E-state index in [4.69, 9.17) is 4.74 Å². The number of carbonyl (C=O) groups excluding carboxylic acids is 1. The van der Waals surface area contributed by atoms with Gasteiger partial charge in [-0.1, -0.05) is 24.3 Å². The first-order valence-corrected chi connectivity index (χ1v) is 6.24. The van der Waals surface area contributed by atoms with Gasteiger partial charge in [0.05, 0.1) is 12.2 Å². The number of alkyl carbamates (subject to hydrolysis) is 1. The number of rotatable bonds is 2. The summed E-state index contributed by atoms with van der Waals surface area (Å²) in [5, 5.41) is 4.89. The minimum absolute atomic E-state index is 0.361. The Bertz CT molecular complexity index is 588. The number of aromatic nitrogens is 1. The fourth-order valence-electron chi connectivity index (χ4n) is 1.70. The van der Waals surface area contributed by atoms with Crippen molar-refractivity contribution >= 4 is 16.9 Å². The van der Waals surface area contributed by atoms with Gasteiger partial charge in [-0.2, -0.15) is 0 Å². The third-order valence-corrected chi connectivity index (χ3v) is 2.50. The van der Waals surface area contributed by atoms with Crippen molar-refractivity contribution in [2.24, 2.45) is 0 Å². The highest BCUT2D eigenvalue weighted by Crippen LogP contribution is 2.13. The molecular weight excluding hydrogens is 240 g/mol. The highest BCUT2D eigenvalue weighted by molar-refractivity contribution is 5.81. The lowest BCUT2D eigenvalue weighted by Gasteiger charge is -2.19. The summed E-state index contributed by atoms with van der Waals surface area (Å²) < 4.78 is 5.17. The van der Waals surface area contributed by atoms with Crippen LogP contribution in [0, 0.1) is 0 Å². The van der Waals surface area contributed by atoms with Gasteiger partial charge in [0.25, 0.3) is 0 Å². The van der Waals surface area contributed by atoms with Crippen molar-refractivity contribution in [2.75, 3.05) is 0 Å². The number of ether oxygens (including phenoxy) is 1. The van der Waals surface area contributed by atoms with Gasteiger partial charge < -0.3 is 10.1 Å². The molecule has 4 nitrogen and oxygen atoms in total. The Morgan fingerprint density at radius 1 is 1.26 bits per heavy atom. The maximum Gasteiger partial charge on any atom is 0.407 e. The largest absolute Gasteiger partial charge is 0.444 e. The van der Waals surface area contributed by atoms with Crippen LogP contribution in [0.4, 0.5) is 4.79 Å². The van der Waals surface area contributed by atoms with Gasteiger partial charge in [-0.05, 0) is 32.2 Å². The molecule has 0 radical (unpaired) electrons. The Kier molecular flexibility index (Phi) is 3.69. The molecule has 1 aromatic heterocycles. The van der Waals surface area contributed by atoms with Crippen LogP contribution in [-0.4, -0.2) is 16.7 Å². The maximum atomic E-state index is 11.5. The van der Waals surface area contributed by atoms with Crippen molar-refractivity contribution in [1.29, 1.82) is 0 Å². The minimum Gasteiger partial charge on any atom is -0.444 e. The van der Waals surface area contributed by atoms with Crippen molar-refractivity contribution < 1.29 is 9.53 Å². The fourth-order valence-corrected chi connectivity index (χ4v) is 1.70. The van der Waals surface area contributed by atoms with E-state index in [9.17, 15) is 4.79 Å². The van der Waals surface area contributed by atoms with Crippen LogP contribution in [-0.2, 0) is 11.3 Å². The predicted molar refractivity (Wildman–Crippen MR) is 74.8 cm³/mol. The van der Waals surface area contributed by atoms with E-state index in [1.807, 2.05) is 51.1 Å². The summed E-state index contributed by atoms with van der Waals surface area (Å²) in [5.74, 6) is 0. The lowest BCUT2D eigenvalue weighted by atomic mass is 10.1. The van der Waals surface area contributed by atoms with Gasteiger partial charge in [0.1, 0.15) is 5.60 Å². The van der Waals surface area contributed by atoms with Crippen LogP contribution in [0.5, 0.6) is 0 Å². The van der Waals surface area contributed by atoms with Gasteiger partial charge in [-0.25, -0.2) is 4.79 Å². The summed E-state index contributed by atoms with van der Waals surface area (Å²) in [6.07, 6.45) is 1.38. The molecule has 0 unspecified atom stereocenters. The highest BCUT2D eigenvalue weighted by atomic mass is 16.6. The first kappa shape index (κ1) is 13.3. The molecule has 19 heavy (non-hydrogen) atoms. The summed E-state index contributed by atoms with van der Waals surface area (Å²) in [4.78, 5) is 15.8. The zero-order chi connectivity index (χ0) is 13.9. The number of amides is 1. The molecule has 100 valence electrons. The number of hydrogen-bond acceptors (Lipinski definition) is 3. The number of benzene rings is 1. The van der Waals surface area contributed by atoms with Crippen molar-refractivity contribution in [3.05, 3.63) is 42.2 Å². The van der Waals surface area contributed by atoms with Gasteiger partial charge in [0.2, 0.25) is 0 Å². The van der Waals surface area contributed by atoms with E-state index in [-0.39, 0.29) is 0 Å². The third kappa shape index (κ3) is 3.95. The molecule has 0 saturated carbocycles. The van der Waals surface area contributed by atoms with Crippen LogP contribution >= 0.6 is 0 Å². The predicted octanol–water partition coefficient (Wildman–Crippen LogP) is 3.26. The van der Waals surface area contributed by atoms with Gasteiger partial charge >= 0.3 is 6.09 Å². The number of nitrogens with zero attached hydrogens (tertiary/aromatic N) is 1. The van der Waals surface area contributed by atoms with E-state index >= 15 is 0 Å². The SMILES string of the molecule is CC(C)(C)OC(=O)NCc1cc2ccccc2cn1. The van der Waals surface area contributed by atoms with E-state index in [0.717, 1.165) is 16.5 Å². The van der Waals surface area contributed by atoms with Crippen LogP contribution in [0.2, 0.25) is 0 Å². The summed E-state index contributed by atoms with van der Waals surface area (Å²) in [5.41, 5.74) is 0.325. The Labute approximate surface area is 112 Å². The molecular formula is C15H18N2O2. The Balaban J connectivity index is 2.00. The first-order chi connectivity index (χ1) is 8.94. The molecule has 4 heteroatoms. The maximum absolute atomic E-state index is 11.5. The van der Waals surface area contributed by atoms with Gasteiger partial charge in [-0.15, -0.1) is 0 Å². The molecule has 1 aromatic carbocycles. The number of carbonyl (C=O) groups is 1. The van der Waals surface area contributed by atoms with E-state index < -0.39 is 11.7 Å². The molecule has 0 spiro atoms. The molecule has 0 saturated heterocycles. The second kappa shape index (κ2) is 5.26. The van der Waals surface area contributed by atoms with Crippen LogP contribution in [0.3, 0.4) is 0 Å². The lowest BCUT2D eigenvalue weighted by Crippen LogP contribution is -2.32. The third-order valence-electron chi connectivity index (χ3n) is 2.50. The second-order valence-electron chi connectivity index (χ2n) is 5.38. The van der Waals surface area contributed by atoms with Crippen molar-refractivity contribution in [1.82, 2.24) is 10.3 Å². The molecule has 2 aromatic rings. The zero-order valence-electron chi connectivity index (χ0n) is 11.4. The minimum atomic E-state index is -0.485. The average molecular weight is 258 g/mol. The smallest absolute Gasteiger partial charge is 0.407 e. The van der Waals surface area contributed by atoms with Crippen molar-refractivity contribution in [3.8, 4) is 0 Å². The van der Waals surface area contributed by atoms with E-state index in [0.29, 0.717) is 6.54 Å². The topological polar surface area (TPSA) is 51.2 Å². The quantitative estimate of drug-likeness (QED) is 0.899. The van der Waals surface area contributed by atoms with E-state index in [1.54, 1.807) is 6.20 Å². The summed E-state index contributed by atoms with van der Waals surface area (Å²) in [6, 6.07) is 9.95. The Hall–Kier alpha value is -2.10.